The first-order valence-corrected chi connectivity index (χ1v) is 9.67. The highest BCUT2D eigenvalue weighted by atomic mass is 79.9. The summed E-state index contributed by atoms with van der Waals surface area (Å²) in [7, 11) is 0. The molecule has 132 valence electrons. The molecule has 1 atom stereocenters. The number of rotatable bonds is 3. The number of hydrogen-bond donors (Lipinski definition) is 1. The van der Waals surface area contributed by atoms with Crippen molar-refractivity contribution >= 4 is 44.2 Å². The van der Waals surface area contributed by atoms with Crippen LogP contribution in [-0.2, 0) is 22.5 Å². The molecule has 25 heavy (non-hydrogen) atoms. The van der Waals surface area contributed by atoms with E-state index >= 15 is 0 Å². The smallest absolute Gasteiger partial charge is 0.289 e. The summed E-state index contributed by atoms with van der Waals surface area (Å²) in [6, 6.07) is 3.36. The Bertz CT molecular complexity index is 812. The summed E-state index contributed by atoms with van der Waals surface area (Å²) in [4.78, 5) is 31.8. The van der Waals surface area contributed by atoms with Crippen LogP contribution in [0.15, 0.2) is 21.2 Å². The average molecular weight is 426 g/mol. The van der Waals surface area contributed by atoms with Gasteiger partial charge in [0.1, 0.15) is 6.10 Å². The van der Waals surface area contributed by atoms with Gasteiger partial charge in [-0.25, -0.2) is 4.98 Å². The van der Waals surface area contributed by atoms with Crippen molar-refractivity contribution in [1.82, 2.24) is 9.88 Å². The van der Waals surface area contributed by atoms with Crippen molar-refractivity contribution in [2.75, 3.05) is 18.5 Å². The van der Waals surface area contributed by atoms with Crippen molar-refractivity contribution in [3.63, 3.8) is 0 Å². The van der Waals surface area contributed by atoms with Crippen molar-refractivity contribution in [2.45, 2.75) is 31.9 Å². The van der Waals surface area contributed by atoms with Gasteiger partial charge in [0, 0.05) is 24.4 Å². The van der Waals surface area contributed by atoms with Crippen LogP contribution in [0.5, 0.6) is 0 Å². The lowest BCUT2D eigenvalue weighted by atomic mass is 10.1. The Morgan fingerprint density at radius 2 is 2.28 bits per heavy atom. The summed E-state index contributed by atoms with van der Waals surface area (Å²) in [5.41, 5.74) is 0.942. The van der Waals surface area contributed by atoms with E-state index in [1.165, 1.54) is 11.3 Å². The maximum absolute atomic E-state index is 12.5. The zero-order valence-corrected chi connectivity index (χ0v) is 15.7. The zero-order chi connectivity index (χ0) is 17.4. The summed E-state index contributed by atoms with van der Waals surface area (Å²) < 4.78 is 11.3. The first kappa shape index (κ1) is 16.7. The molecule has 2 amide bonds. The van der Waals surface area contributed by atoms with Crippen molar-refractivity contribution in [3.05, 3.63) is 33.1 Å². The number of nitrogens with one attached hydrogen (secondary N) is 1. The van der Waals surface area contributed by atoms with Gasteiger partial charge in [-0.15, -0.1) is 0 Å². The molecule has 1 N–H and O–H groups in total. The van der Waals surface area contributed by atoms with E-state index in [0.717, 1.165) is 23.4 Å². The maximum Gasteiger partial charge on any atom is 0.289 e. The molecule has 9 heteroatoms. The quantitative estimate of drug-likeness (QED) is 0.816. The number of fused-ring (bicyclic) bond motifs is 1. The van der Waals surface area contributed by atoms with Gasteiger partial charge in [0.15, 0.2) is 15.6 Å². The van der Waals surface area contributed by atoms with Gasteiger partial charge in [0.25, 0.3) is 11.8 Å². The van der Waals surface area contributed by atoms with Crippen LogP contribution < -0.4 is 5.32 Å². The number of thiazole rings is 1. The third kappa shape index (κ3) is 3.49. The highest BCUT2D eigenvalue weighted by Crippen LogP contribution is 2.30. The fraction of sp³-hybridized carbons (Fsp3) is 0.438. The Labute approximate surface area is 156 Å². The summed E-state index contributed by atoms with van der Waals surface area (Å²) in [6.07, 6.45) is 1.94. The number of hydrogen-bond acceptors (Lipinski definition) is 6. The largest absolute Gasteiger partial charge is 0.444 e. The molecular weight excluding hydrogens is 410 g/mol. The second-order valence-electron chi connectivity index (χ2n) is 5.96. The zero-order valence-electron chi connectivity index (χ0n) is 13.3. The number of nitrogens with zero attached hydrogens (tertiary/aromatic N) is 2. The Morgan fingerprint density at radius 3 is 3.00 bits per heavy atom. The van der Waals surface area contributed by atoms with E-state index in [1.807, 2.05) is 0 Å². The Kier molecular flexibility index (Phi) is 4.61. The van der Waals surface area contributed by atoms with Gasteiger partial charge in [-0.05, 0) is 40.9 Å². The monoisotopic (exact) mass is 425 g/mol. The molecular formula is C16H16BrN3O4S. The minimum Gasteiger partial charge on any atom is -0.444 e. The van der Waals surface area contributed by atoms with Crippen LogP contribution in [0.4, 0.5) is 5.13 Å². The minimum atomic E-state index is -0.378. The lowest BCUT2D eigenvalue weighted by molar-refractivity contribution is -0.124. The second-order valence-corrected chi connectivity index (χ2v) is 7.83. The third-order valence-electron chi connectivity index (χ3n) is 4.25. The van der Waals surface area contributed by atoms with E-state index in [-0.39, 0.29) is 17.9 Å². The van der Waals surface area contributed by atoms with Gasteiger partial charge in [0.2, 0.25) is 0 Å². The van der Waals surface area contributed by atoms with E-state index in [4.69, 9.17) is 9.15 Å². The maximum atomic E-state index is 12.5. The minimum absolute atomic E-state index is 0.142. The molecule has 0 bridgehead atoms. The van der Waals surface area contributed by atoms with Gasteiger partial charge < -0.3 is 14.1 Å². The Morgan fingerprint density at radius 1 is 1.40 bits per heavy atom. The van der Waals surface area contributed by atoms with Crippen LogP contribution in [0, 0.1) is 0 Å². The fourth-order valence-corrected chi connectivity index (χ4v) is 4.31. The van der Waals surface area contributed by atoms with Crippen LogP contribution in [0.25, 0.3) is 0 Å². The van der Waals surface area contributed by atoms with Gasteiger partial charge in [-0.2, -0.15) is 0 Å². The van der Waals surface area contributed by atoms with Crippen LogP contribution in [0.1, 0.15) is 34.0 Å². The molecule has 2 aromatic rings. The highest BCUT2D eigenvalue weighted by Gasteiger charge is 2.28. The van der Waals surface area contributed by atoms with Gasteiger partial charge in [-0.3, -0.25) is 14.9 Å². The standard InChI is InChI=1S/C16H16BrN3O4S/c17-13-4-3-11(24-13)15(22)20-6-5-9-12(8-20)25-16(18-9)19-14(21)10-2-1-7-23-10/h3-4,10H,1-2,5-8H2,(H,18,19,21). The first-order valence-electron chi connectivity index (χ1n) is 8.06. The lowest BCUT2D eigenvalue weighted by Gasteiger charge is -2.25. The molecule has 2 aliphatic heterocycles. The molecule has 7 nitrogen and oxygen atoms in total. The fourth-order valence-electron chi connectivity index (χ4n) is 2.98. The first-order chi connectivity index (χ1) is 12.1. The van der Waals surface area contributed by atoms with Gasteiger partial charge in [0.05, 0.1) is 12.2 Å². The van der Waals surface area contributed by atoms with E-state index in [2.05, 4.69) is 26.2 Å². The molecule has 0 aliphatic carbocycles. The molecule has 1 unspecified atom stereocenters. The van der Waals surface area contributed by atoms with E-state index in [0.29, 0.717) is 41.7 Å². The van der Waals surface area contributed by atoms with Crippen LogP contribution in [0.2, 0.25) is 0 Å². The Hall–Kier alpha value is -1.71. The molecule has 4 rings (SSSR count). The molecule has 1 saturated heterocycles. The third-order valence-corrected chi connectivity index (χ3v) is 5.68. The molecule has 0 aromatic carbocycles. The van der Waals surface area contributed by atoms with Crippen LogP contribution in [-0.4, -0.2) is 41.0 Å². The Balaban J connectivity index is 1.44. The molecule has 0 radical (unpaired) electrons. The molecule has 4 heterocycles. The number of halogens is 1. The number of furan rings is 1. The predicted octanol–water partition coefficient (Wildman–Crippen LogP) is 2.81. The summed E-state index contributed by atoms with van der Waals surface area (Å²) in [5, 5.41) is 3.41. The SMILES string of the molecule is O=C(Nc1nc2c(s1)CN(C(=O)c1ccc(Br)o1)CC2)C1CCCO1. The van der Waals surface area contributed by atoms with E-state index < -0.39 is 0 Å². The molecule has 2 aromatic heterocycles. The molecule has 2 aliphatic rings. The summed E-state index contributed by atoms with van der Waals surface area (Å²) >= 11 is 4.62. The molecule has 0 spiro atoms. The number of anilines is 1. The van der Waals surface area contributed by atoms with Crippen molar-refractivity contribution in [1.29, 1.82) is 0 Å². The van der Waals surface area contributed by atoms with E-state index in [9.17, 15) is 9.59 Å². The van der Waals surface area contributed by atoms with Gasteiger partial charge >= 0.3 is 0 Å². The average Bonchev–Trinajstić information content (AvgIpc) is 3.33. The molecule has 1 fully saturated rings. The normalized spacial score (nSPS) is 19.7. The highest BCUT2D eigenvalue weighted by molar-refractivity contribution is 9.10. The second kappa shape index (κ2) is 6.89. The summed E-state index contributed by atoms with van der Waals surface area (Å²) in [5.74, 6) is 0.0263. The number of amides is 2. The number of carbonyl (C=O) groups is 2. The number of aromatic nitrogens is 1. The topological polar surface area (TPSA) is 84.7 Å². The van der Waals surface area contributed by atoms with Crippen LogP contribution >= 0.6 is 27.3 Å². The molecule has 0 saturated carbocycles. The van der Waals surface area contributed by atoms with Gasteiger partial charge in [-0.1, -0.05) is 11.3 Å². The summed E-state index contributed by atoms with van der Waals surface area (Å²) in [6.45, 7) is 1.68. The lowest BCUT2D eigenvalue weighted by Crippen LogP contribution is -2.35. The van der Waals surface area contributed by atoms with Crippen molar-refractivity contribution < 1.29 is 18.7 Å². The number of ether oxygens (including phenoxy) is 1. The predicted molar refractivity (Wildman–Crippen MR) is 94.6 cm³/mol. The number of carbonyl (C=O) groups excluding carboxylic acids is 2. The van der Waals surface area contributed by atoms with Crippen molar-refractivity contribution in [2.24, 2.45) is 0 Å². The van der Waals surface area contributed by atoms with E-state index in [1.54, 1.807) is 17.0 Å². The van der Waals surface area contributed by atoms with Crippen molar-refractivity contribution in [3.8, 4) is 0 Å². The van der Waals surface area contributed by atoms with Crippen LogP contribution in [0.3, 0.4) is 0 Å².